The zero-order chi connectivity index (χ0) is 12.3. The minimum absolute atomic E-state index is 0.384. The van der Waals surface area contributed by atoms with Crippen LogP contribution in [0.3, 0.4) is 0 Å². The molecule has 0 unspecified atom stereocenters. The molecule has 0 amide bonds. The Balaban J connectivity index is 2.07. The summed E-state index contributed by atoms with van der Waals surface area (Å²) >= 11 is 3.70. The number of rotatable bonds is 5. The Morgan fingerprint density at radius 1 is 1.29 bits per heavy atom. The summed E-state index contributed by atoms with van der Waals surface area (Å²) in [5, 5.41) is 3.63. The molecular weight excluding hydrogens is 274 g/mol. The molecule has 1 nitrogen and oxygen atoms in total. The lowest BCUT2D eigenvalue weighted by molar-refractivity contribution is 0.230. The molecule has 1 aliphatic rings. The topological polar surface area (TPSA) is 12.0 Å². The highest BCUT2D eigenvalue weighted by atomic mass is 79.9. The van der Waals surface area contributed by atoms with E-state index in [1.54, 1.807) is 0 Å². The molecule has 0 saturated heterocycles. The van der Waals surface area contributed by atoms with Gasteiger partial charge in [0, 0.05) is 16.4 Å². The molecule has 1 aromatic rings. The lowest BCUT2D eigenvalue weighted by atomic mass is 9.64. The fourth-order valence-corrected chi connectivity index (χ4v) is 3.34. The van der Waals surface area contributed by atoms with Crippen LogP contribution in [0.15, 0.2) is 28.7 Å². The summed E-state index contributed by atoms with van der Waals surface area (Å²) in [4.78, 5) is 0. The van der Waals surface area contributed by atoms with Crippen molar-refractivity contribution in [2.24, 2.45) is 5.92 Å². The van der Waals surface area contributed by atoms with Crippen LogP contribution in [0.5, 0.6) is 0 Å². The number of benzene rings is 1. The predicted molar refractivity (Wildman–Crippen MR) is 77.4 cm³/mol. The minimum atomic E-state index is 0.384. The quantitative estimate of drug-likeness (QED) is 0.862. The van der Waals surface area contributed by atoms with Crippen molar-refractivity contribution < 1.29 is 0 Å². The first-order valence-corrected chi connectivity index (χ1v) is 7.39. The summed E-state index contributed by atoms with van der Waals surface area (Å²) in [5.74, 6) is 0.728. The van der Waals surface area contributed by atoms with Gasteiger partial charge < -0.3 is 5.32 Å². The van der Waals surface area contributed by atoms with E-state index in [1.807, 2.05) is 0 Å². The summed E-state index contributed by atoms with van der Waals surface area (Å²) in [6.07, 6.45) is 4.01. The number of hydrogen-bond acceptors (Lipinski definition) is 1. The monoisotopic (exact) mass is 295 g/mol. The minimum Gasteiger partial charge on any atom is -0.316 e. The van der Waals surface area contributed by atoms with Gasteiger partial charge in [-0.15, -0.1) is 0 Å². The SMILES string of the molecule is CC(C)CNCC1(c2ccccc2Br)CCC1. The maximum absolute atomic E-state index is 3.70. The van der Waals surface area contributed by atoms with Gasteiger partial charge in [0.2, 0.25) is 0 Å². The van der Waals surface area contributed by atoms with Crippen LogP contribution >= 0.6 is 15.9 Å². The van der Waals surface area contributed by atoms with Crippen molar-refractivity contribution in [3.05, 3.63) is 34.3 Å². The normalized spacial score (nSPS) is 18.1. The highest BCUT2D eigenvalue weighted by molar-refractivity contribution is 9.10. The second kappa shape index (κ2) is 5.53. The highest BCUT2D eigenvalue weighted by Crippen LogP contribution is 2.45. The Labute approximate surface area is 113 Å². The summed E-state index contributed by atoms with van der Waals surface area (Å²) in [6, 6.07) is 8.70. The van der Waals surface area contributed by atoms with Crippen LogP contribution in [-0.2, 0) is 5.41 Å². The molecule has 1 fully saturated rings. The Hall–Kier alpha value is -0.340. The molecule has 1 aromatic carbocycles. The third-order valence-corrected chi connectivity index (χ3v) is 4.46. The van der Waals surface area contributed by atoms with Crippen molar-refractivity contribution in [2.45, 2.75) is 38.5 Å². The average molecular weight is 296 g/mol. The van der Waals surface area contributed by atoms with E-state index in [-0.39, 0.29) is 0 Å². The Morgan fingerprint density at radius 3 is 2.53 bits per heavy atom. The van der Waals surface area contributed by atoms with Gasteiger partial charge >= 0.3 is 0 Å². The van der Waals surface area contributed by atoms with E-state index in [0.717, 1.165) is 19.0 Å². The fourth-order valence-electron chi connectivity index (χ4n) is 2.64. The van der Waals surface area contributed by atoms with Gasteiger partial charge in [0.1, 0.15) is 0 Å². The first kappa shape index (κ1) is 13.1. The standard InChI is InChI=1S/C15H22BrN/c1-12(2)10-17-11-15(8-5-9-15)13-6-3-4-7-14(13)16/h3-4,6-7,12,17H,5,8-11H2,1-2H3. The van der Waals surface area contributed by atoms with Gasteiger partial charge in [-0.25, -0.2) is 0 Å². The molecule has 1 aliphatic carbocycles. The molecule has 0 spiro atoms. The average Bonchev–Trinajstić information content (AvgIpc) is 2.23. The van der Waals surface area contributed by atoms with Gasteiger partial charge in [0.25, 0.3) is 0 Å². The van der Waals surface area contributed by atoms with Crippen LogP contribution in [0.4, 0.5) is 0 Å². The van der Waals surface area contributed by atoms with Crippen molar-refractivity contribution in [3.8, 4) is 0 Å². The van der Waals surface area contributed by atoms with Crippen molar-refractivity contribution in [2.75, 3.05) is 13.1 Å². The largest absolute Gasteiger partial charge is 0.316 e. The Kier molecular flexibility index (Phi) is 4.26. The molecule has 0 heterocycles. The molecular formula is C15H22BrN. The third kappa shape index (κ3) is 2.92. The van der Waals surface area contributed by atoms with Crippen molar-refractivity contribution in [1.82, 2.24) is 5.32 Å². The molecule has 0 aromatic heterocycles. The van der Waals surface area contributed by atoms with Crippen LogP contribution in [0, 0.1) is 5.92 Å². The van der Waals surface area contributed by atoms with Gasteiger partial charge in [-0.1, -0.05) is 54.4 Å². The van der Waals surface area contributed by atoms with Crippen molar-refractivity contribution >= 4 is 15.9 Å². The lowest BCUT2D eigenvalue weighted by Crippen LogP contribution is -2.44. The molecule has 94 valence electrons. The zero-order valence-corrected chi connectivity index (χ0v) is 12.4. The zero-order valence-electron chi connectivity index (χ0n) is 10.8. The second-order valence-corrected chi connectivity index (χ2v) is 6.49. The van der Waals surface area contributed by atoms with E-state index < -0.39 is 0 Å². The van der Waals surface area contributed by atoms with Crippen LogP contribution in [0.25, 0.3) is 0 Å². The van der Waals surface area contributed by atoms with E-state index >= 15 is 0 Å². The molecule has 2 rings (SSSR count). The van der Waals surface area contributed by atoms with Crippen molar-refractivity contribution in [1.29, 1.82) is 0 Å². The summed E-state index contributed by atoms with van der Waals surface area (Å²) in [5.41, 5.74) is 1.87. The fraction of sp³-hybridized carbons (Fsp3) is 0.600. The van der Waals surface area contributed by atoms with E-state index in [2.05, 4.69) is 59.4 Å². The molecule has 1 saturated carbocycles. The molecule has 17 heavy (non-hydrogen) atoms. The molecule has 0 aliphatic heterocycles. The van der Waals surface area contributed by atoms with Crippen LogP contribution < -0.4 is 5.32 Å². The first-order valence-electron chi connectivity index (χ1n) is 6.60. The molecule has 2 heteroatoms. The van der Waals surface area contributed by atoms with Crippen LogP contribution in [-0.4, -0.2) is 13.1 Å². The van der Waals surface area contributed by atoms with E-state index in [1.165, 1.54) is 29.3 Å². The molecule has 1 N–H and O–H groups in total. The second-order valence-electron chi connectivity index (χ2n) is 5.64. The lowest BCUT2D eigenvalue weighted by Gasteiger charge is -2.43. The van der Waals surface area contributed by atoms with Crippen LogP contribution in [0.1, 0.15) is 38.7 Å². The molecule has 0 atom stereocenters. The summed E-state index contributed by atoms with van der Waals surface area (Å²) in [6.45, 7) is 6.76. The highest BCUT2D eigenvalue weighted by Gasteiger charge is 2.39. The number of hydrogen-bond donors (Lipinski definition) is 1. The van der Waals surface area contributed by atoms with Gasteiger partial charge in [0.05, 0.1) is 0 Å². The van der Waals surface area contributed by atoms with E-state index in [9.17, 15) is 0 Å². The summed E-state index contributed by atoms with van der Waals surface area (Å²) in [7, 11) is 0. The summed E-state index contributed by atoms with van der Waals surface area (Å²) < 4.78 is 1.27. The smallest absolute Gasteiger partial charge is 0.0213 e. The number of nitrogens with one attached hydrogen (secondary N) is 1. The Morgan fingerprint density at radius 2 is 2.00 bits per heavy atom. The molecule has 0 bridgehead atoms. The predicted octanol–water partition coefficient (Wildman–Crippen LogP) is 4.12. The van der Waals surface area contributed by atoms with Crippen LogP contribution in [0.2, 0.25) is 0 Å². The maximum Gasteiger partial charge on any atom is 0.0213 e. The van der Waals surface area contributed by atoms with Gasteiger partial charge in [-0.3, -0.25) is 0 Å². The third-order valence-electron chi connectivity index (χ3n) is 3.77. The number of halogens is 1. The van der Waals surface area contributed by atoms with E-state index in [4.69, 9.17) is 0 Å². The molecule has 0 radical (unpaired) electrons. The Bertz CT molecular complexity index is 369. The maximum atomic E-state index is 3.70. The van der Waals surface area contributed by atoms with Gasteiger partial charge in [-0.2, -0.15) is 0 Å². The van der Waals surface area contributed by atoms with E-state index in [0.29, 0.717) is 5.41 Å². The first-order chi connectivity index (χ1) is 8.14. The van der Waals surface area contributed by atoms with Gasteiger partial charge in [-0.05, 0) is 36.9 Å². The van der Waals surface area contributed by atoms with Crippen molar-refractivity contribution in [3.63, 3.8) is 0 Å². The van der Waals surface area contributed by atoms with Gasteiger partial charge in [0.15, 0.2) is 0 Å².